The summed E-state index contributed by atoms with van der Waals surface area (Å²) in [6.07, 6.45) is 0. The standard InChI is InChI=1S/C19H13F3N2O5/c20-10-1-2-14-13(6-10)17(27)16(18(28)23-7-15(25)26)19(29)24(14)8-9-3-11(21)5-12(22)4-9/h1-6,27H,7-8H2,(H,23,28)(H,25,26). The number of carboxylic acid groups (broad SMARTS) is 1. The molecule has 2 aromatic carbocycles. The number of carboxylic acids is 1. The molecule has 3 N–H and O–H groups in total. The van der Waals surface area contributed by atoms with Gasteiger partial charge in [-0.25, -0.2) is 13.2 Å². The molecule has 0 radical (unpaired) electrons. The summed E-state index contributed by atoms with van der Waals surface area (Å²) in [5, 5.41) is 20.8. The number of hydrogen-bond donors (Lipinski definition) is 3. The molecular weight excluding hydrogens is 393 g/mol. The number of benzene rings is 2. The number of nitrogens with one attached hydrogen (secondary N) is 1. The zero-order valence-corrected chi connectivity index (χ0v) is 14.6. The summed E-state index contributed by atoms with van der Waals surface area (Å²) in [5.41, 5.74) is -1.82. The molecule has 0 unspecified atom stereocenters. The molecule has 0 atom stereocenters. The normalized spacial score (nSPS) is 10.9. The number of fused-ring (bicyclic) bond motifs is 1. The van der Waals surface area contributed by atoms with Gasteiger partial charge in [-0.3, -0.25) is 14.4 Å². The van der Waals surface area contributed by atoms with Crippen LogP contribution in [-0.2, 0) is 11.3 Å². The number of pyridine rings is 1. The van der Waals surface area contributed by atoms with E-state index in [0.717, 1.165) is 28.8 Å². The molecule has 1 amide bonds. The summed E-state index contributed by atoms with van der Waals surface area (Å²) in [5.74, 6) is -5.97. The molecule has 0 bridgehead atoms. The van der Waals surface area contributed by atoms with Crippen molar-refractivity contribution < 1.29 is 33.0 Å². The maximum absolute atomic E-state index is 13.7. The van der Waals surface area contributed by atoms with Crippen LogP contribution in [0.3, 0.4) is 0 Å². The van der Waals surface area contributed by atoms with Gasteiger partial charge in [0.1, 0.15) is 35.3 Å². The van der Waals surface area contributed by atoms with Gasteiger partial charge in [0.05, 0.1) is 12.1 Å². The highest BCUT2D eigenvalue weighted by molar-refractivity contribution is 6.03. The van der Waals surface area contributed by atoms with Crippen LogP contribution < -0.4 is 10.9 Å². The number of aromatic nitrogens is 1. The zero-order chi connectivity index (χ0) is 21.3. The Morgan fingerprint density at radius 1 is 1.00 bits per heavy atom. The molecule has 0 saturated carbocycles. The first kappa shape index (κ1) is 19.9. The Labute approximate surface area is 160 Å². The Bertz CT molecular complexity index is 1190. The molecule has 10 heteroatoms. The van der Waals surface area contributed by atoms with Crippen LogP contribution in [0.4, 0.5) is 13.2 Å². The number of carbonyl (C=O) groups excluding carboxylic acids is 1. The number of aromatic hydroxyl groups is 1. The smallest absolute Gasteiger partial charge is 0.322 e. The summed E-state index contributed by atoms with van der Waals surface area (Å²) in [7, 11) is 0. The third kappa shape index (κ3) is 4.05. The summed E-state index contributed by atoms with van der Waals surface area (Å²) >= 11 is 0. The van der Waals surface area contributed by atoms with Gasteiger partial charge in [-0.1, -0.05) is 0 Å². The average Bonchev–Trinajstić information content (AvgIpc) is 2.63. The van der Waals surface area contributed by atoms with Crippen LogP contribution in [0.5, 0.6) is 5.75 Å². The molecule has 0 aliphatic rings. The van der Waals surface area contributed by atoms with Gasteiger partial charge in [0, 0.05) is 11.5 Å². The number of rotatable bonds is 5. The van der Waals surface area contributed by atoms with Gasteiger partial charge < -0.3 is 20.1 Å². The highest BCUT2D eigenvalue weighted by atomic mass is 19.1. The van der Waals surface area contributed by atoms with Gasteiger partial charge in [0.15, 0.2) is 0 Å². The van der Waals surface area contributed by atoms with Crippen LogP contribution >= 0.6 is 0 Å². The summed E-state index contributed by atoms with van der Waals surface area (Å²) in [6, 6.07) is 5.64. The molecule has 150 valence electrons. The third-order valence-electron chi connectivity index (χ3n) is 4.09. The van der Waals surface area contributed by atoms with E-state index in [-0.39, 0.29) is 16.5 Å². The fraction of sp³-hybridized carbons (Fsp3) is 0.105. The van der Waals surface area contributed by atoms with Crippen molar-refractivity contribution in [2.75, 3.05) is 6.54 Å². The highest BCUT2D eigenvalue weighted by Gasteiger charge is 2.23. The molecule has 0 spiro atoms. The van der Waals surface area contributed by atoms with Gasteiger partial charge in [0.2, 0.25) is 0 Å². The molecule has 1 heterocycles. The van der Waals surface area contributed by atoms with Gasteiger partial charge in [-0.15, -0.1) is 0 Å². The Hall–Kier alpha value is -3.82. The van der Waals surface area contributed by atoms with E-state index in [1.165, 1.54) is 6.07 Å². The second kappa shape index (κ2) is 7.66. The SMILES string of the molecule is O=C(O)CNC(=O)c1c(O)c2cc(F)ccc2n(Cc2cc(F)cc(F)c2)c1=O. The van der Waals surface area contributed by atoms with Crippen molar-refractivity contribution in [2.24, 2.45) is 0 Å². The molecule has 0 saturated heterocycles. The molecule has 0 fully saturated rings. The Morgan fingerprint density at radius 3 is 2.28 bits per heavy atom. The first-order valence-electron chi connectivity index (χ1n) is 8.17. The van der Waals surface area contributed by atoms with Crippen LogP contribution in [0.2, 0.25) is 0 Å². The summed E-state index contributed by atoms with van der Waals surface area (Å²) < 4.78 is 41.6. The molecular formula is C19H13F3N2O5. The van der Waals surface area contributed by atoms with E-state index in [1.54, 1.807) is 0 Å². The van der Waals surface area contributed by atoms with E-state index in [4.69, 9.17) is 5.11 Å². The maximum atomic E-state index is 13.7. The minimum atomic E-state index is -1.39. The number of amides is 1. The van der Waals surface area contributed by atoms with Crippen LogP contribution in [0, 0.1) is 17.5 Å². The summed E-state index contributed by atoms with van der Waals surface area (Å²) in [4.78, 5) is 35.8. The quantitative estimate of drug-likeness (QED) is 0.601. The van der Waals surface area contributed by atoms with Crippen molar-refractivity contribution in [3.63, 3.8) is 0 Å². The van der Waals surface area contributed by atoms with Crippen molar-refractivity contribution >= 4 is 22.8 Å². The lowest BCUT2D eigenvalue weighted by Crippen LogP contribution is -2.36. The van der Waals surface area contributed by atoms with Gasteiger partial charge in [-0.2, -0.15) is 0 Å². The predicted octanol–water partition coefficient (Wildman–Crippen LogP) is 1.99. The number of aliphatic carboxylic acids is 1. The third-order valence-corrected chi connectivity index (χ3v) is 4.09. The van der Waals surface area contributed by atoms with Gasteiger partial charge >= 0.3 is 5.97 Å². The molecule has 29 heavy (non-hydrogen) atoms. The largest absolute Gasteiger partial charge is 0.506 e. The molecule has 3 aromatic rings. The zero-order valence-electron chi connectivity index (χ0n) is 14.6. The Morgan fingerprint density at radius 2 is 1.66 bits per heavy atom. The number of halogens is 3. The van der Waals surface area contributed by atoms with E-state index in [1.807, 2.05) is 5.32 Å². The van der Waals surface area contributed by atoms with E-state index in [0.29, 0.717) is 6.07 Å². The highest BCUT2D eigenvalue weighted by Crippen LogP contribution is 2.27. The fourth-order valence-corrected chi connectivity index (χ4v) is 2.90. The second-order valence-electron chi connectivity index (χ2n) is 6.13. The van der Waals surface area contributed by atoms with E-state index < -0.39 is 59.3 Å². The molecule has 3 rings (SSSR count). The van der Waals surface area contributed by atoms with E-state index in [9.17, 15) is 32.7 Å². The van der Waals surface area contributed by atoms with E-state index >= 15 is 0 Å². The lowest BCUT2D eigenvalue weighted by molar-refractivity contribution is -0.135. The lowest BCUT2D eigenvalue weighted by atomic mass is 10.1. The molecule has 0 aliphatic heterocycles. The van der Waals surface area contributed by atoms with Crippen LogP contribution in [0.1, 0.15) is 15.9 Å². The van der Waals surface area contributed by atoms with Crippen molar-refractivity contribution in [3.05, 3.63) is 75.3 Å². The first-order valence-corrected chi connectivity index (χ1v) is 8.17. The maximum Gasteiger partial charge on any atom is 0.322 e. The van der Waals surface area contributed by atoms with Gasteiger partial charge in [-0.05, 0) is 35.9 Å². The lowest BCUT2D eigenvalue weighted by Gasteiger charge is -2.15. The van der Waals surface area contributed by atoms with Crippen LogP contribution in [0.15, 0.2) is 41.2 Å². The van der Waals surface area contributed by atoms with E-state index in [2.05, 4.69) is 0 Å². The van der Waals surface area contributed by atoms with Gasteiger partial charge in [0.25, 0.3) is 11.5 Å². The number of carbonyl (C=O) groups is 2. The first-order chi connectivity index (χ1) is 13.7. The number of nitrogens with zero attached hydrogens (tertiary/aromatic N) is 1. The monoisotopic (exact) mass is 406 g/mol. The number of hydrogen-bond acceptors (Lipinski definition) is 4. The molecule has 1 aromatic heterocycles. The van der Waals surface area contributed by atoms with Crippen molar-refractivity contribution in [1.82, 2.24) is 9.88 Å². The van der Waals surface area contributed by atoms with Crippen molar-refractivity contribution in [3.8, 4) is 5.75 Å². The minimum Gasteiger partial charge on any atom is -0.506 e. The van der Waals surface area contributed by atoms with Crippen LogP contribution in [-0.4, -0.2) is 33.2 Å². The van der Waals surface area contributed by atoms with Crippen molar-refractivity contribution in [1.29, 1.82) is 0 Å². The Balaban J connectivity index is 2.23. The Kier molecular flexibility index (Phi) is 5.26. The topological polar surface area (TPSA) is 109 Å². The second-order valence-corrected chi connectivity index (χ2v) is 6.13. The minimum absolute atomic E-state index is 0.00774. The van der Waals surface area contributed by atoms with Crippen LogP contribution in [0.25, 0.3) is 10.9 Å². The fourth-order valence-electron chi connectivity index (χ4n) is 2.90. The predicted molar refractivity (Wildman–Crippen MR) is 95.3 cm³/mol. The average molecular weight is 406 g/mol. The molecule has 7 nitrogen and oxygen atoms in total. The molecule has 0 aliphatic carbocycles. The van der Waals surface area contributed by atoms with Crippen molar-refractivity contribution in [2.45, 2.75) is 6.54 Å². The summed E-state index contributed by atoms with van der Waals surface area (Å²) in [6.45, 7) is -1.22.